The van der Waals surface area contributed by atoms with Crippen LogP contribution in [-0.4, -0.2) is 66.7 Å². The summed E-state index contributed by atoms with van der Waals surface area (Å²) in [5.74, 6) is 0.655. The summed E-state index contributed by atoms with van der Waals surface area (Å²) >= 11 is 0. The number of hydrogen-bond donors (Lipinski definition) is 0. The Hall–Kier alpha value is 0.0538. The van der Waals surface area contributed by atoms with Gasteiger partial charge in [0, 0.05) is 12.9 Å². The average Bonchev–Trinajstić information content (AvgIpc) is 2.40. The second kappa shape index (κ2) is 9.88. The van der Waals surface area contributed by atoms with Crippen molar-refractivity contribution >= 4 is 17.8 Å². The first-order chi connectivity index (χ1) is 8.95. The summed E-state index contributed by atoms with van der Waals surface area (Å²) in [6.45, 7) is 18.2. The summed E-state index contributed by atoms with van der Waals surface area (Å²) in [5, 5.41) is 0. The molecule has 114 valence electrons. The summed E-state index contributed by atoms with van der Waals surface area (Å²) in [6.07, 6.45) is 0. The highest BCUT2D eigenvalue weighted by Crippen LogP contribution is 2.08. The molecule has 0 amide bonds. The van der Waals surface area contributed by atoms with Crippen molar-refractivity contribution in [2.75, 3.05) is 33.3 Å². The summed E-state index contributed by atoms with van der Waals surface area (Å²) < 4.78 is 5.59. The molecule has 0 aromatic rings. The third-order valence-electron chi connectivity index (χ3n) is 3.86. The zero-order valence-electron chi connectivity index (χ0n) is 14.1. The van der Waals surface area contributed by atoms with Gasteiger partial charge in [-0.15, -0.1) is 5.70 Å². The molecule has 0 fully saturated rings. The minimum Gasteiger partial charge on any atom is -0.417 e. The molecule has 0 radical (unpaired) electrons. The Balaban J connectivity index is 4.76. The minimum absolute atomic E-state index is 0.277. The molecule has 0 aromatic heterocycles. The highest BCUT2D eigenvalue weighted by molar-refractivity contribution is 6.77. The number of nitrogens with zero attached hydrogens (tertiary/aromatic N) is 2. The Kier molecular flexibility index (Phi) is 9.91. The van der Waals surface area contributed by atoms with E-state index in [1.165, 1.54) is 0 Å². The van der Waals surface area contributed by atoms with Crippen LogP contribution in [0.15, 0.2) is 11.4 Å². The van der Waals surface area contributed by atoms with Crippen molar-refractivity contribution in [1.82, 2.24) is 9.80 Å². The molecule has 0 heterocycles. The van der Waals surface area contributed by atoms with E-state index < -0.39 is 8.32 Å². The molecule has 0 aliphatic heterocycles. The Labute approximate surface area is 124 Å². The lowest BCUT2D eigenvalue weighted by atomic mass is 10.5. The molecule has 0 bridgehead atoms. The van der Waals surface area contributed by atoms with Gasteiger partial charge in [-0.1, -0.05) is 33.4 Å². The fraction of sp³-hybridized carbons (Fsp3) is 0.857. The molecule has 19 heavy (non-hydrogen) atoms. The first-order valence-electron chi connectivity index (χ1n) is 7.66. The van der Waals surface area contributed by atoms with Crippen molar-refractivity contribution in [1.29, 1.82) is 0 Å². The molecule has 0 aliphatic rings. The van der Waals surface area contributed by atoms with Gasteiger partial charge in [-0.2, -0.15) is 0 Å². The molecule has 0 saturated heterocycles. The van der Waals surface area contributed by atoms with E-state index in [1.807, 2.05) is 7.11 Å². The maximum Gasteiger partial charge on any atom is 0.209 e. The Morgan fingerprint density at radius 3 is 1.74 bits per heavy atom. The van der Waals surface area contributed by atoms with Gasteiger partial charge in [0.15, 0.2) is 0 Å². The zero-order chi connectivity index (χ0) is 14.9. The Morgan fingerprint density at radius 1 is 1.00 bits per heavy atom. The van der Waals surface area contributed by atoms with Crippen molar-refractivity contribution in [3.63, 3.8) is 0 Å². The third kappa shape index (κ3) is 6.85. The monoisotopic (exact) mass is 302 g/mol. The van der Waals surface area contributed by atoms with E-state index in [0.717, 1.165) is 26.2 Å². The lowest BCUT2D eigenvalue weighted by Crippen LogP contribution is -2.51. The lowest BCUT2D eigenvalue weighted by Gasteiger charge is -2.37. The van der Waals surface area contributed by atoms with E-state index in [-0.39, 0.29) is 9.52 Å². The highest BCUT2D eigenvalue weighted by Gasteiger charge is 2.21. The first-order valence-corrected chi connectivity index (χ1v) is 12.3. The quantitative estimate of drug-likeness (QED) is 0.454. The Bertz CT molecular complexity index is 240. The van der Waals surface area contributed by atoms with E-state index in [1.54, 1.807) is 0 Å². The van der Waals surface area contributed by atoms with Crippen molar-refractivity contribution in [3.05, 3.63) is 11.4 Å². The fourth-order valence-corrected chi connectivity index (χ4v) is 7.18. The van der Waals surface area contributed by atoms with Crippen LogP contribution in [0.5, 0.6) is 0 Å². The van der Waals surface area contributed by atoms with Crippen molar-refractivity contribution in [3.8, 4) is 0 Å². The van der Waals surface area contributed by atoms with Crippen LogP contribution in [0.3, 0.4) is 0 Å². The maximum atomic E-state index is 5.59. The van der Waals surface area contributed by atoms with Gasteiger partial charge in [0.2, 0.25) is 8.32 Å². The molecular weight excluding hydrogens is 268 g/mol. The SMILES string of the molecule is CCN(CC)C([SiH2]C=C[Si](C)(C)OC)N(CC)CC. The average molecular weight is 303 g/mol. The molecule has 0 spiro atoms. The van der Waals surface area contributed by atoms with Gasteiger partial charge < -0.3 is 4.43 Å². The number of hydrogen-bond acceptors (Lipinski definition) is 3. The lowest BCUT2D eigenvalue weighted by molar-refractivity contribution is 0.116. The van der Waals surface area contributed by atoms with Gasteiger partial charge >= 0.3 is 0 Å². The predicted octanol–water partition coefficient (Wildman–Crippen LogP) is 2.03. The normalized spacial score (nSPS) is 14.0. The summed E-state index contributed by atoms with van der Waals surface area (Å²) in [4.78, 5) is 5.20. The van der Waals surface area contributed by atoms with Gasteiger partial charge in [-0.3, -0.25) is 9.80 Å². The number of rotatable bonds is 10. The predicted molar refractivity (Wildman–Crippen MR) is 91.8 cm³/mol. The summed E-state index contributed by atoms with van der Waals surface area (Å²) in [5.41, 5.74) is 4.84. The molecule has 0 aromatic carbocycles. The molecule has 0 atom stereocenters. The smallest absolute Gasteiger partial charge is 0.209 e. The van der Waals surface area contributed by atoms with Gasteiger partial charge in [-0.25, -0.2) is 0 Å². The summed E-state index contributed by atoms with van der Waals surface area (Å²) in [7, 11) is 0.0237. The molecule has 3 nitrogen and oxygen atoms in total. The van der Waals surface area contributed by atoms with Crippen LogP contribution in [0.1, 0.15) is 27.7 Å². The first kappa shape index (κ1) is 19.1. The van der Waals surface area contributed by atoms with E-state index in [9.17, 15) is 0 Å². The summed E-state index contributed by atoms with van der Waals surface area (Å²) in [6, 6.07) is 0. The van der Waals surface area contributed by atoms with E-state index in [0.29, 0.717) is 5.79 Å². The molecule has 0 N–H and O–H groups in total. The van der Waals surface area contributed by atoms with Crippen molar-refractivity contribution in [2.45, 2.75) is 46.6 Å². The minimum atomic E-state index is -1.54. The molecule has 0 rings (SSSR count). The van der Waals surface area contributed by atoms with Crippen LogP contribution in [0.25, 0.3) is 0 Å². The van der Waals surface area contributed by atoms with Crippen LogP contribution in [-0.2, 0) is 4.43 Å². The fourth-order valence-electron chi connectivity index (χ4n) is 2.36. The van der Waals surface area contributed by atoms with E-state index >= 15 is 0 Å². The van der Waals surface area contributed by atoms with Crippen molar-refractivity contribution < 1.29 is 4.43 Å². The van der Waals surface area contributed by atoms with Crippen molar-refractivity contribution in [2.24, 2.45) is 0 Å². The third-order valence-corrected chi connectivity index (χ3v) is 8.38. The van der Waals surface area contributed by atoms with E-state index in [2.05, 4.69) is 62.0 Å². The van der Waals surface area contributed by atoms with Crippen LogP contribution >= 0.6 is 0 Å². The van der Waals surface area contributed by atoms with Gasteiger partial charge in [0.25, 0.3) is 0 Å². The van der Waals surface area contributed by atoms with Gasteiger partial charge in [0.05, 0.1) is 9.52 Å². The topological polar surface area (TPSA) is 15.7 Å². The maximum absolute atomic E-state index is 5.59. The van der Waals surface area contributed by atoms with E-state index in [4.69, 9.17) is 4.43 Å². The molecule has 0 aliphatic carbocycles. The van der Waals surface area contributed by atoms with Crippen LogP contribution in [0.2, 0.25) is 13.1 Å². The highest BCUT2D eigenvalue weighted by atomic mass is 28.4. The largest absolute Gasteiger partial charge is 0.417 e. The van der Waals surface area contributed by atoms with Gasteiger partial charge in [-0.05, 0) is 39.3 Å². The standard InChI is InChI=1S/C14H34N2OSi2/c1-8-15(9-2)14(16(10-3)11-4)18-12-13-19(6,7)17-5/h12-14H,8-11,18H2,1-7H3. The molecule has 0 unspecified atom stereocenters. The molecular formula is C14H34N2OSi2. The zero-order valence-corrected chi connectivity index (χ0v) is 16.5. The van der Waals surface area contributed by atoms with Crippen LogP contribution < -0.4 is 0 Å². The second-order valence-electron chi connectivity index (χ2n) is 5.37. The molecule has 5 heteroatoms. The second-order valence-corrected chi connectivity index (χ2v) is 11.0. The van der Waals surface area contributed by atoms with Gasteiger partial charge in [0.1, 0.15) is 0 Å². The Morgan fingerprint density at radius 2 is 1.42 bits per heavy atom. The van der Waals surface area contributed by atoms with Crippen LogP contribution in [0.4, 0.5) is 0 Å². The molecule has 0 saturated carbocycles. The van der Waals surface area contributed by atoms with Crippen LogP contribution in [0, 0.1) is 0 Å².